The third kappa shape index (κ3) is 6.22. The van der Waals surface area contributed by atoms with Gasteiger partial charge in [-0.3, -0.25) is 14.7 Å². The summed E-state index contributed by atoms with van der Waals surface area (Å²) in [4.78, 5) is 18.5. The summed E-state index contributed by atoms with van der Waals surface area (Å²) in [6, 6.07) is 13.7. The molecule has 0 unspecified atom stereocenters. The molecular weight excluding hydrogens is 364 g/mol. The molecule has 2 aromatic rings. The third-order valence-corrected chi connectivity index (χ3v) is 5.10. The van der Waals surface area contributed by atoms with E-state index in [2.05, 4.69) is 25.6 Å². The second kappa shape index (κ2) is 10.5. The van der Waals surface area contributed by atoms with Crippen molar-refractivity contribution >= 4 is 17.3 Å². The number of piperidine rings is 1. The molecular formula is C22H28N6O. The summed E-state index contributed by atoms with van der Waals surface area (Å²) in [5, 5.41) is 9.78. The fourth-order valence-electron chi connectivity index (χ4n) is 3.43. The molecule has 7 heteroatoms. The summed E-state index contributed by atoms with van der Waals surface area (Å²) in [7, 11) is 0. The van der Waals surface area contributed by atoms with Crippen LogP contribution < -0.4 is 10.6 Å². The molecule has 0 saturated carbocycles. The fourth-order valence-corrected chi connectivity index (χ4v) is 3.43. The van der Waals surface area contributed by atoms with Gasteiger partial charge in [0.15, 0.2) is 0 Å². The van der Waals surface area contributed by atoms with Crippen LogP contribution in [0, 0.1) is 5.53 Å². The highest BCUT2D eigenvalue weighted by atomic mass is 16.1. The van der Waals surface area contributed by atoms with Crippen molar-refractivity contribution in [2.24, 2.45) is 5.11 Å². The van der Waals surface area contributed by atoms with Crippen LogP contribution in [0.25, 0.3) is 0 Å². The van der Waals surface area contributed by atoms with E-state index in [9.17, 15) is 4.79 Å². The molecule has 1 saturated heterocycles. The minimum absolute atomic E-state index is 0.0135. The number of likely N-dealkylation sites (tertiary alicyclic amines) is 1. The molecule has 1 fully saturated rings. The number of carbonyl (C=O) groups excluding carboxylic acids is 1. The Hall–Kier alpha value is -3.06. The lowest BCUT2D eigenvalue weighted by Crippen LogP contribution is -2.34. The first kappa shape index (κ1) is 20.7. The van der Waals surface area contributed by atoms with Crippen molar-refractivity contribution in [3.05, 3.63) is 66.3 Å². The first-order chi connectivity index (χ1) is 14.2. The number of nitrogens with zero attached hydrogens (tertiary/aromatic N) is 3. The number of benzene rings is 1. The zero-order chi connectivity index (χ0) is 20.5. The molecule has 0 aliphatic carbocycles. The highest BCUT2D eigenvalue weighted by Crippen LogP contribution is 2.28. The van der Waals surface area contributed by atoms with Crippen LogP contribution in [0.3, 0.4) is 0 Å². The molecule has 1 amide bonds. The average Bonchev–Trinajstić information content (AvgIpc) is 2.78. The van der Waals surface area contributed by atoms with E-state index >= 15 is 0 Å². The molecule has 1 aliphatic rings. The zero-order valence-electron chi connectivity index (χ0n) is 16.8. The quantitative estimate of drug-likeness (QED) is 0.573. The molecule has 0 bridgehead atoms. The fraction of sp³-hybridized carbons (Fsp3) is 0.364. The number of aromatic nitrogens is 1. The molecule has 2 heterocycles. The van der Waals surface area contributed by atoms with Crippen molar-refractivity contribution in [1.29, 1.82) is 5.53 Å². The Morgan fingerprint density at radius 1 is 1.24 bits per heavy atom. The molecule has 0 atom stereocenters. The van der Waals surface area contributed by atoms with Crippen molar-refractivity contribution in [1.82, 2.24) is 9.88 Å². The summed E-state index contributed by atoms with van der Waals surface area (Å²) < 4.78 is 0. The number of hydrogen-bond acceptors (Lipinski definition) is 6. The number of pyridine rings is 1. The first-order valence-electron chi connectivity index (χ1n) is 10.0. The van der Waals surface area contributed by atoms with Gasteiger partial charge in [0.1, 0.15) is 0 Å². The molecule has 7 nitrogen and oxygen atoms in total. The van der Waals surface area contributed by atoms with E-state index in [0.717, 1.165) is 43.0 Å². The van der Waals surface area contributed by atoms with E-state index in [1.807, 2.05) is 49.4 Å². The monoisotopic (exact) mass is 392 g/mol. The summed E-state index contributed by atoms with van der Waals surface area (Å²) in [6.07, 6.45) is 6.02. The smallest absolute Gasteiger partial charge is 0.224 e. The SMILES string of the molecule is CCC(=O)Nc1ccnc(C2CCN(C/C(=C/Nc3ccccc3)N=N)CC2)c1. The van der Waals surface area contributed by atoms with Gasteiger partial charge in [0.05, 0.1) is 5.70 Å². The first-order valence-corrected chi connectivity index (χ1v) is 10.0. The lowest BCUT2D eigenvalue weighted by molar-refractivity contribution is -0.115. The minimum Gasteiger partial charge on any atom is -0.360 e. The molecule has 3 rings (SSSR count). The summed E-state index contributed by atoms with van der Waals surface area (Å²) >= 11 is 0. The summed E-state index contributed by atoms with van der Waals surface area (Å²) in [6.45, 7) is 4.34. The van der Waals surface area contributed by atoms with E-state index in [4.69, 9.17) is 5.53 Å². The van der Waals surface area contributed by atoms with Crippen LogP contribution in [-0.2, 0) is 4.79 Å². The molecule has 1 aliphatic heterocycles. The second-order valence-electron chi connectivity index (χ2n) is 7.18. The van der Waals surface area contributed by atoms with Crippen molar-refractivity contribution < 1.29 is 4.79 Å². The Morgan fingerprint density at radius 2 is 2.00 bits per heavy atom. The normalized spacial score (nSPS) is 15.7. The molecule has 3 N–H and O–H groups in total. The molecule has 29 heavy (non-hydrogen) atoms. The molecule has 1 aromatic heterocycles. The van der Waals surface area contributed by atoms with Gasteiger partial charge in [0.2, 0.25) is 5.91 Å². The van der Waals surface area contributed by atoms with Crippen LogP contribution in [0.5, 0.6) is 0 Å². The van der Waals surface area contributed by atoms with Crippen molar-refractivity contribution in [2.45, 2.75) is 32.1 Å². The second-order valence-corrected chi connectivity index (χ2v) is 7.18. The Labute approximate surface area is 171 Å². The number of rotatable bonds is 8. The zero-order valence-corrected chi connectivity index (χ0v) is 16.8. The predicted molar refractivity (Wildman–Crippen MR) is 115 cm³/mol. The van der Waals surface area contributed by atoms with Gasteiger partial charge < -0.3 is 10.6 Å². The highest BCUT2D eigenvalue weighted by Gasteiger charge is 2.22. The number of hydrogen-bond donors (Lipinski definition) is 3. The molecule has 1 aromatic carbocycles. The van der Waals surface area contributed by atoms with Gasteiger partial charge in [-0.1, -0.05) is 25.1 Å². The van der Waals surface area contributed by atoms with Crippen molar-refractivity contribution in [3.63, 3.8) is 0 Å². The number of amides is 1. The number of nitrogens with one attached hydrogen (secondary N) is 3. The van der Waals surface area contributed by atoms with Crippen LogP contribution in [-0.4, -0.2) is 35.4 Å². The molecule has 0 spiro atoms. The molecule has 0 radical (unpaired) electrons. The lowest BCUT2D eigenvalue weighted by Gasteiger charge is -2.31. The van der Waals surface area contributed by atoms with E-state index in [-0.39, 0.29) is 5.91 Å². The summed E-state index contributed by atoms with van der Waals surface area (Å²) in [5.74, 6) is 0.395. The maximum absolute atomic E-state index is 11.6. The van der Waals surface area contributed by atoms with Crippen LogP contribution in [0.2, 0.25) is 0 Å². The Morgan fingerprint density at radius 3 is 2.69 bits per heavy atom. The van der Waals surface area contributed by atoms with E-state index < -0.39 is 0 Å². The van der Waals surface area contributed by atoms with Crippen molar-refractivity contribution in [3.8, 4) is 0 Å². The topological polar surface area (TPSA) is 93.5 Å². The maximum Gasteiger partial charge on any atom is 0.224 e. The van der Waals surface area contributed by atoms with Gasteiger partial charge in [0.25, 0.3) is 0 Å². The Kier molecular flexibility index (Phi) is 7.47. The largest absolute Gasteiger partial charge is 0.360 e. The average molecular weight is 393 g/mol. The van der Waals surface area contributed by atoms with Crippen LogP contribution in [0.15, 0.2) is 65.7 Å². The number of carbonyl (C=O) groups is 1. The van der Waals surface area contributed by atoms with Crippen LogP contribution in [0.1, 0.15) is 37.8 Å². The molecule has 152 valence electrons. The van der Waals surface area contributed by atoms with Gasteiger partial charge >= 0.3 is 0 Å². The lowest BCUT2D eigenvalue weighted by atomic mass is 9.92. The Balaban J connectivity index is 1.52. The van der Waals surface area contributed by atoms with Gasteiger partial charge in [-0.25, -0.2) is 5.53 Å². The highest BCUT2D eigenvalue weighted by molar-refractivity contribution is 5.90. The van der Waals surface area contributed by atoms with Gasteiger partial charge in [-0.15, -0.1) is 0 Å². The number of anilines is 2. The summed E-state index contributed by atoms with van der Waals surface area (Å²) in [5.41, 5.74) is 11.0. The van der Waals surface area contributed by atoms with Gasteiger partial charge in [-0.05, 0) is 50.2 Å². The van der Waals surface area contributed by atoms with Crippen molar-refractivity contribution in [2.75, 3.05) is 30.3 Å². The van der Waals surface area contributed by atoms with Gasteiger partial charge in [0, 0.05) is 48.3 Å². The van der Waals surface area contributed by atoms with E-state index in [1.165, 1.54) is 0 Å². The maximum atomic E-state index is 11.6. The van der Waals surface area contributed by atoms with E-state index in [1.54, 1.807) is 12.4 Å². The van der Waals surface area contributed by atoms with Gasteiger partial charge in [-0.2, -0.15) is 5.11 Å². The standard InChI is InChI=1S/C22H28N6O/c1-2-22(29)26-19-8-11-24-21(14-19)17-9-12-28(13-10-17)16-20(27-23)15-25-18-6-4-3-5-7-18/h3-8,11,14-15,17,23,25H,2,9-10,12-13,16H2,1H3,(H,24,26,29)/b20-15-,27-23?. The Bertz CT molecular complexity index is 843. The number of para-hydroxylation sites is 1. The minimum atomic E-state index is 0.0135. The predicted octanol–water partition coefficient (Wildman–Crippen LogP) is 4.59. The van der Waals surface area contributed by atoms with E-state index in [0.29, 0.717) is 24.6 Å². The van der Waals surface area contributed by atoms with Crippen LogP contribution in [0.4, 0.5) is 11.4 Å². The van der Waals surface area contributed by atoms with Crippen LogP contribution >= 0.6 is 0 Å². The third-order valence-electron chi connectivity index (χ3n) is 5.10.